The molecule has 0 bridgehead atoms. The van der Waals surface area contributed by atoms with Crippen molar-refractivity contribution in [2.75, 3.05) is 6.54 Å². The zero-order chi connectivity index (χ0) is 38.3. The van der Waals surface area contributed by atoms with Crippen LogP contribution in [0.2, 0.25) is 0 Å². The Kier molecular flexibility index (Phi) is 14.3. The van der Waals surface area contributed by atoms with Crippen LogP contribution in [0.15, 0.2) is 42.5 Å². The molecule has 11 nitrogen and oxygen atoms in total. The third kappa shape index (κ3) is 12.3. The van der Waals surface area contributed by atoms with Crippen LogP contribution >= 0.6 is 0 Å². The Hall–Kier alpha value is -3.44. The van der Waals surface area contributed by atoms with E-state index in [0.717, 1.165) is 5.56 Å². The van der Waals surface area contributed by atoms with E-state index in [9.17, 15) is 24.4 Å². The van der Waals surface area contributed by atoms with Crippen LogP contribution in [-0.2, 0) is 25.5 Å². The minimum atomic E-state index is -0.788. The van der Waals surface area contributed by atoms with Crippen LogP contribution in [0.25, 0.3) is 0 Å². The highest BCUT2D eigenvalue weighted by atomic mass is 16.6. The maximum absolute atomic E-state index is 14.4. The average Bonchev–Trinajstić information content (AvgIpc) is 3.49. The molecule has 1 aromatic carbocycles. The van der Waals surface area contributed by atoms with Crippen LogP contribution in [0.4, 0.5) is 4.79 Å². The van der Waals surface area contributed by atoms with Gasteiger partial charge in [-0.15, -0.1) is 0 Å². The van der Waals surface area contributed by atoms with Crippen LogP contribution in [0.3, 0.4) is 0 Å². The molecular weight excluding hydrogens is 646 g/mol. The fraction of sp³-hybridized carbons (Fsp3) is 0.700. The van der Waals surface area contributed by atoms with Crippen molar-refractivity contribution in [1.82, 2.24) is 25.9 Å². The van der Waals surface area contributed by atoms with Gasteiger partial charge < -0.3 is 30.8 Å². The molecule has 0 aromatic heterocycles. The summed E-state index contributed by atoms with van der Waals surface area (Å²) in [7, 11) is 0. The third-order valence-corrected chi connectivity index (χ3v) is 9.69. The van der Waals surface area contributed by atoms with E-state index < -0.39 is 40.8 Å². The second-order valence-electron chi connectivity index (χ2n) is 17.5. The van der Waals surface area contributed by atoms with Gasteiger partial charge in [0.1, 0.15) is 17.7 Å². The Morgan fingerprint density at radius 2 is 1.57 bits per heavy atom. The standard InChI is InChI=1S/C40H65N5O6/c1-26(2)22-30(42-37(49)51-38(5,6)7)20-19-29(23-28-16-13-12-14-17-28)36(48)44-21-15-18-32(44)34(46)43-33(27(3)4)35(47)41-31-24-39(8,9)45(50)40(10,11)25-31/h12-14,16-17,19-20,26-27,29-33,50H,15,18,21-25H2,1-11H3,(H,41,47)(H,42,49)(H,43,46)/b20-19+/t29-,30-,32+,33+/m1/s1. The van der Waals surface area contributed by atoms with E-state index in [4.69, 9.17) is 4.74 Å². The van der Waals surface area contributed by atoms with E-state index in [-0.39, 0.29) is 41.6 Å². The molecule has 0 unspecified atom stereocenters. The second kappa shape index (κ2) is 17.4. The molecule has 2 aliphatic heterocycles. The first kappa shape index (κ1) is 42.0. The lowest BCUT2D eigenvalue weighted by Gasteiger charge is -2.51. The number of hydrogen-bond donors (Lipinski definition) is 4. The highest BCUT2D eigenvalue weighted by molar-refractivity contribution is 5.93. The van der Waals surface area contributed by atoms with Crippen LogP contribution in [0.1, 0.15) is 114 Å². The van der Waals surface area contributed by atoms with Gasteiger partial charge in [-0.1, -0.05) is 70.2 Å². The smallest absolute Gasteiger partial charge is 0.408 e. The van der Waals surface area contributed by atoms with Crippen molar-refractivity contribution in [3.05, 3.63) is 48.0 Å². The van der Waals surface area contributed by atoms with Crippen molar-refractivity contribution < 1.29 is 29.1 Å². The molecule has 286 valence electrons. The van der Waals surface area contributed by atoms with Gasteiger partial charge in [0.25, 0.3) is 0 Å². The van der Waals surface area contributed by atoms with E-state index in [2.05, 4.69) is 29.8 Å². The first-order valence-electron chi connectivity index (χ1n) is 18.7. The molecular formula is C40H65N5O6. The number of nitrogens with zero attached hydrogens (tertiary/aromatic N) is 2. The van der Waals surface area contributed by atoms with Crippen LogP contribution in [0, 0.1) is 17.8 Å². The number of carbonyl (C=O) groups excluding carboxylic acids is 4. The molecule has 4 atom stereocenters. The summed E-state index contributed by atoms with van der Waals surface area (Å²) in [4.78, 5) is 56.3. The zero-order valence-corrected chi connectivity index (χ0v) is 32.9. The molecule has 0 aliphatic carbocycles. The van der Waals surface area contributed by atoms with E-state index >= 15 is 0 Å². The number of nitrogens with one attached hydrogen (secondary N) is 3. The molecule has 1 aromatic rings. The van der Waals surface area contributed by atoms with Gasteiger partial charge in [0.15, 0.2) is 0 Å². The van der Waals surface area contributed by atoms with Gasteiger partial charge in [-0.2, -0.15) is 5.06 Å². The van der Waals surface area contributed by atoms with Gasteiger partial charge in [-0.3, -0.25) is 14.4 Å². The van der Waals surface area contributed by atoms with Crippen molar-refractivity contribution >= 4 is 23.8 Å². The predicted molar refractivity (Wildman–Crippen MR) is 200 cm³/mol. The number of carbonyl (C=O) groups is 4. The highest BCUT2D eigenvalue weighted by Gasteiger charge is 2.46. The molecule has 2 fully saturated rings. The summed E-state index contributed by atoms with van der Waals surface area (Å²) in [5, 5.41) is 21.2. The lowest BCUT2D eigenvalue weighted by molar-refractivity contribution is -0.246. The Balaban J connectivity index is 1.80. The Morgan fingerprint density at radius 3 is 2.12 bits per heavy atom. The number of piperidine rings is 1. The lowest BCUT2D eigenvalue weighted by atomic mass is 9.79. The average molecular weight is 712 g/mol. The quantitative estimate of drug-likeness (QED) is 0.184. The molecule has 51 heavy (non-hydrogen) atoms. The molecule has 0 spiro atoms. The van der Waals surface area contributed by atoms with Crippen molar-refractivity contribution in [3.63, 3.8) is 0 Å². The predicted octanol–water partition coefficient (Wildman–Crippen LogP) is 6.00. The number of benzene rings is 1. The summed E-state index contributed by atoms with van der Waals surface area (Å²) in [6.07, 6.45) is 6.59. The Bertz CT molecular complexity index is 1350. The van der Waals surface area contributed by atoms with E-state index in [1.165, 1.54) is 5.06 Å². The first-order chi connectivity index (χ1) is 23.6. The zero-order valence-electron chi connectivity index (χ0n) is 32.9. The molecule has 0 saturated carbocycles. The fourth-order valence-electron chi connectivity index (χ4n) is 7.49. The maximum atomic E-state index is 14.4. The largest absolute Gasteiger partial charge is 0.444 e. The summed E-state index contributed by atoms with van der Waals surface area (Å²) in [6.45, 7) is 21.6. The van der Waals surface area contributed by atoms with Crippen LogP contribution < -0.4 is 16.0 Å². The summed E-state index contributed by atoms with van der Waals surface area (Å²) in [5.41, 5.74) is -0.733. The molecule has 2 aliphatic rings. The van der Waals surface area contributed by atoms with E-state index in [1.807, 2.05) is 105 Å². The molecule has 3 rings (SSSR count). The van der Waals surface area contributed by atoms with Crippen molar-refractivity contribution in [3.8, 4) is 0 Å². The third-order valence-electron chi connectivity index (χ3n) is 9.69. The van der Waals surface area contributed by atoms with Gasteiger partial charge in [-0.05, 0) is 104 Å². The summed E-state index contributed by atoms with van der Waals surface area (Å²) < 4.78 is 5.51. The van der Waals surface area contributed by atoms with Gasteiger partial charge >= 0.3 is 6.09 Å². The SMILES string of the molecule is CC(C)C[C@@H](/C=C/[C@H](Cc1ccccc1)C(=O)N1CCC[C@H]1C(=O)N[C@H](C(=O)NC1CC(C)(C)N(O)C(C)(C)C1)C(C)C)NC(=O)OC(C)(C)C. The van der Waals surface area contributed by atoms with Crippen molar-refractivity contribution in [2.24, 2.45) is 17.8 Å². The summed E-state index contributed by atoms with van der Waals surface area (Å²) in [6, 6.07) is 7.73. The van der Waals surface area contributed by atoms with E-state index in [0.29, 0.717) is 45.1 Å². The highest BCUT2D eigenvalue weighted by Crippen LogP contribution is 2.36. The normalized spacial score (nSPS) is 21.4. The number of rotatable bonds is 13. The van der Waals surface area contributed by atoms with Crippen molar-refractivity contribution in [1.29, 1.82) is 0 Å². The maximum Gasteiger partial charge on any atom is 0.408 e. The number of likely N-dealkylation sites (tertiary alicyclic amines) is 1. The molecule has 2 heterocycles. The number of hydrogen-bond acceptors (Lipinski definition) is 7. The van der Waals surface area contributed by atoms with Crippen LogP contribution in [-0.4, -0.2) is 86.4 Å². The molecule has 0 radical (unpaired) electrons. The summed E-state index contributed by atoms with van der Waals surface area (Å²) in [5.74, 6) is -1.27. The Morgan fingerprint density at radius 1 is 0.961 bits per heavy atom. The first-order valence-corrected chi connectivity index (χ1v) is 18.7. The second-order valence-corrected chi connectivity index (χ2v) is 17.5. The molecule has 4 N–H and O–H groups in total. The number of ether oxygens (including phenoxy) is 1. The monoisotopic (exact) mass is 711 g/mol. The minimum absolute atomic E-state index is 0.168. The van der Waals surface area contributed by atoms with Gasteiger partial charge in [0.2, 0.25) is 17.7 Å². The topological polar surface area (TPSA) is 140 Å². The fourth-order valence-corrected chi connectivity index (χ4v) is 7.49. The molecule has 2 saturated heterocycles. The molecule has 4 amide bonds. The number of amides is 4. The van der Waals surface area contributed by atoms with Crippen molar-refractivity contribution in [2.45, 2.75) is 156 Å². The lowest BCUT2D eigenvalue weighted by Crippen LogP contribution is -2.64. The Labute approximate surface area is 306 Å². The van der Waals surface area contributed by atoms with Gasteiger partial charge in [0, 0.05) is 23.7 Å². The number of alkyl carbamates (subject to hydrolysis) is 1. The van der Waals surface area contributed by atoms with Gasteiger partial charge in [-0.25, -0.2) is 4.79 Å². The minimum Gasteiger partial charge on any atom is -0.444 e. The van der Waals surface area contributed by atoms with E-state index in [1.54, 1.807) is 4.90 Å². The number of hydroxylamine groups is 2. The molecule has 11 heteroatoms. The van der Waals surface area contributed by atoms with Gasteiger partial charge in [0.05, 0.1) is 12.0 Å². The van der Waals surface area contributed by atoms with Crippen LogP contribution in [0.5, 0.6) is 0 Å². The summed E-state index contributed by atoms with van der Waals surface area (Å²) >= 11 is 0.